The van der Waals surface area contributed by atoms with Crippen LogP contribution in [0.2, 0.25) is 0 Å². The van der Waals surface area contributed by atoms with Gasteiger partial charge in [0.25, 0.3) is 0 Å². The van der Waals surface area contributed by atoms with Crippen LogP contribution in [0.1, 0.15) is 30.0 Å². The zero-order chi connectivity index (χ0) is 14.7. The van der Waals surface area contributed by atoms with Crippen molar-refractivity contribution in [1.29, 1.82) is 0 Å². The Labute approximate surface area is 130 Å². The first kappa shape index (κ1) is 14.2. The van der Waals surface area contributed by atoms with Crippen molar-refractivity contribution in [2.75, 3.05) is 5.88 Å². The molecule has 2 nitrogen and oxygen atoms in total. The second kappa shape index (κ2) is 6.31. The first-order chi connectivity index (χ1) is 10.3. The Kier molecular flexibility index (Phi) is 4.26. The van der Waals surface area contributed by atoms with E-state index in [2.05, 4.69) is 24.3 Å². The zero-order valence-corrected chi connectivity index (χ0v) is 12.5. The molecule has 0 atom stereocenters. The van der Waals surface area contributed by atoms with Crippen molar-refractivity contribution in [2.45, 2.75) is 24.9 Å². The van der Waals surface area contributed by atoms with Crippen LogP contribution in [-0.2, 0) is 4.79 Å². The lowest BCUT2D eigenvalue weighted by atomic mass is 9.96. The number of halogens is 1. The first-order valence-electron chi connectivity index (χ1n) is 7.28. The highest BCUT2D eigenvalue weighted by atomic mass is 35.5. The topological polar surface area (TPSA) is 20.3 Å². The molecule has 0 aromatic heterocycles. The number of alkyl halides is 1. The minimum absolute atomic E-state index is 0.0110. The molecule has 3 rings (SSSR count). The molecule has 0 saturated heterocycles. The summed E-state index contributed by atoms with van der Waals surface area (Å²) in [5.74, 6) is 0.0454. The van der Waals surface area contributed by atoms with Crippen LogP contribution in [0.4, 0.5) is 0 Å². The molecule has 0 bridgehead atoms. The van der Waals surface area contributed by atoms with Gasteiger partial charge in [-0.2, -0.15) is 0 Å². The third-order valence-corrected chi connectivity index (χ3v) is 4.08. The molecule has 1 saturated carbocycles. The summed E-state index contributed by atoms with van der Waals surface area (Å²) in [6, 6.07) is 20.6. The Bertz CT molecular complexity index is 556. The van der Waals surface area contributed by atoms with E-state index < -0.39 is 0 Å². The summed E-state index contributed by atoms with van der Waals surface area (Å²) in [6.07, 6.45) is 2.14. The van der Waals surface area contributed by atoms with Gasteiger partial charge in [-0.15, -0.1) is 11.6 Å². The molecule has 0 spiro atoms. The minimum Gasteiger partial charge on any atom is -0.328 e. The smallest absolute Gasteiger partial charge is 0.238 e. The first-order valence-corrected chi connectivity index (χ1v) is 7.81. The lowest BCUT2D eigenvalue weighted by Gasteiger charge is -2.32. The standard InChI is InChI=1S/C18H18ClNO/c19-13-17(21)20(16-11-12-16)18(14-7-3-1-4-8-14)15-9-5-2-6-10-15/h1-10,16,18H,11-13H2. The summed E-state index contributed by atoms with van der Waals surface area (Å²) < 4.78 is 0. The van der Waals surface area contributed by atoms with Crippen LogP contribution < -0.4 is 0 Å². The van der Waals surface area contributed by atoms with E-state index in [1.54, 1.807) is 0 Å². The van der Waals surface area contributed by atoms with Crippen LogP contribution >= 0.6 is 11.6 Å². The molecule has 0 N–H and O–H groups in total. The fourth-order valence-corrected chi connectivity index (χ4v) is 2.90. The molecular weight excluding hydrogens is 282 g/mol. The third-order valence-electron chi connectivity index (χ3n) is 3.85. The molecule has 1 aliphatic carbocycles. The molecule has 2 aromatic rings. The number of nitrogens with zero attached hydrogens (tertiary/aromatic N) is 1. The molecule has 2 aromatic carbocycles. The summed E-state index contributed by atoms with van der Waals surface area (Å²) in [4.78, 5) is 14.3. The highest BCUT2D eigenvalue weighted by molar-refractivity contribution is 6.27. The summed E-state index contributed by atoms with van der Waals surface area (Å²) in [7, 11) is 0. The van der Waals surface area contributed by atoms with Gasteiger partial charge in [0.1, 0.15) is 5.88 Å². The van der Waals surface area contributed by atoms with Crippen molar-refractivity contribution in [1.82, 2.24) is 4.90 Å². The van der Waals surface area contributed by atoms with Crippen molar-refractivity contribution in [3.63, 3.8) is 0 Å². The largest absolute Gasteiger partial charge is 0.328 e. The molecule has 108 valence electrons. The summed E-state index contributed by atoms with van der Waals surface area (Å²) in [5, 5.41) is 0. The van der Waals surface area contributed by atoms with Gasteiger partial charge >= 0.3 is 0 Å². The molecule has 1 amide bonds. The van der Waals surface area contributed by atoms with Crippen LogP contribution in [0, 0.1) is 0 Å². The summed E-state index contributed by atoms with van der Waals surface area (Å²) >= 11 is 5.85. The number of benzene rings is 2. The van der Waals surface area contributed by atoms with Gasteiger partial charge < -0.3 is 4.90 Å². The predicted molar refractivity (Wildman–Crippen MR) is 85.3 cm³/mol. The fourth-order valence-electron chi connectivity index (χ4n) is 2.76. The number of hydrogen-bond donors (Lipinski definition) is 0. The van der Waals surface area contributed by atoms with Gasteiger partial charge in [0.2, 0.25) is 5.91 Å². The van der Waals surface area contributed by atoms with E-state index in [-0.39, 0.29) is 17.8 Å². The van der Waals surface area contributed by atoms with Crippen molar-refractivity contribution in [2.24, 2.45) is 0 Å². The maximum Gasteiger partial charge on any atom is 0.238 e. The number of hydrogen-bond acceptors (Lipinski definition) is 1. The van der Waals surface area contributed by atoms with Gasteiger partial charge in [0.15, 0.2) is 0 Å². The van der Waals surface area contributed by atoms with E-state index in [4.69, 9.17) is 11.6 Å². The van der Waals surface area contributed by atoms with E-state index in [1.165, 1.54) is 0 Å². The second-order valence-electron chi connectivity index (χ2n) is 5.39. The zero-order valence-electron chi connectivity index (χ0n) is 11.8. The molecule has 3 heteroatoms. The van der Waals surface area contributed by atoms with E-state index in [9.17, 15) is 4.79 Å². The maximum atomic E-state index is 12.4. The van der Waals surface area contributed by atoms with Gasteiger partial charge in [-0.05, 0) is 24.0 Å². The van der Waals surface area contributed by atoms with Crippen LogP contribution in [-0.4, -0.2) is 22.7 Å². The van der Waals surface area contributed by atoms with Gasteiger partial charge in [0.05, 0.1) is 6.04 Å². The average Bonchev–Trinajstić information content (AvgIpc) is 3.38. The number of carbonyl (C=O) groups excluding carboxylic acids is 1. The highest BCUT2D eigenvalue weighted by Gasteiger charge is 2.38. The molecule has 0 radical (unpaired) electrons. The lowest BCUT2D eigenvalue weighted by Crippen LogP contribution is -2.38. The Morgan fingerprint density at radius 1 is 1.00 bits per heavy atom. The van der Waals surface area contributed by atoms with Gasteiger partial charge in [0, 0.05) is 6.04 Å². The predicted octanol–water partition coefficient (Wildman–Crippen LogP) is 4.01. The molecule has 0 aliphatic heterocycles. The lowest BCUT2D eigenvalue weighted by molar-refractivity contribution is -0.130. The SMILES string of the molecule is O=C(CCl)N(C1CC1)C(c1ccccc1)c1ccccc1. The molecule has 1 fully saturated rings. The van der Waals surface area contributed by atoms with Crippen LogP contribution in [0.15, 0.2) is 60.7 Å². The fraction of sp³-hybridized carbons (Fsp3) is 0.278. The molecule has 21 heavy (non-hydrogen) atoms. The monoisotopic (exact) mass is 299 g/mol. The van der Waals surface area contributed by atoms with Crippen LogP contribution in [0.25, 0.3) is 0 Å². The van der Waals surface area contributed by atoms with E-state index >= 15 is 0 Å². The Hall–Kier alpha value is -1.80. The number of rotatable bonds is 5. The van der Waals surface area contributed by atoms with E-state index in [1.807, 2.05) is 41.3 Å². The Balaban J connectivity index is 2.05. The van der Waals surface area contributed by atoms with Gasteiger partial charge in [-0.3, -0.25) is 4.79 Å². The Morgan fingerprint density at radius 2 is 1.48 bits per heavy atom. The van der Waals surface area contributed by atoms with E-state index in [0.29, 0.717) is 6.04 Å². The maximum absolute atomic E-state index is 12.4. The highest BCUT2D eigenvalue weighted by Crippen LogP contribution is 2.38. The molecule has 0 heterocycles. The van der Waals surface area contributed by atoms with Crippen LogP contribution in [0.3, 0.4) is 0 Å². The van der Waals surface area contributed by atoms with Gasteiger partial charge in [-0.25, -0.2) is 0 Å². The van der Waals surface area contributed by atoms with E-state index in [0.717, 1.165) is 24.0 Å². The molecule has 0 unspecified atom stereocenters. The third kappa shape index (κ3) is 3.11. The quantitative estimate of drug-likeness (QED) is 0.764. The summed E-state index contributed by atoms with van der Waals surface area (Å²) in [5.41, 5.74) is 2.27. The molecule has 1 aliphatic rings. The van der Waals surface area contributed by atoms with Crippen molar-refractivity contribution in [3.05, 3.63) is 71.8 Å². The molecular formula is C18H18ClNO. The van der Waals surface area contributed by atoms with Crippen molar-refractivity contribution >= 4 is 17.5 Å². The van der Waals surface area contributed by atoms with Crippen LogP contribution in [0.5, 0.6) is 0 Å². The number of carbonyl (C=O) groups is 1. The number of amides is 1. The van der Waals surface area contributed by atoms with Crippen molar-refractivity contribution < 1.29 is 4.79 Å². The van der Waals surface area contributed by atoms with Gasteiger partial charge in [-0.1, -0.05) is 60.7 Å². The Morgan fingerprint density at radius 3 is 1.86 bits per heavy atom. The summed E-state index contributed by atoms with van der Waals surface area (Å²) in [6.45, 7) is 0. The average molecular weight is 300 g/mol. The van der Waals surface area contributed by atoms with Crippen molar-refractivity contribution in [3.8, 4) is 0 Å². The second-order valence-corrected chi connectivity index (χ2v) is 5.66. The normalized spacial score (nSPS) is 14.2. The minimum atomic E-state index is -0.0499.